The van der Waals surface area contributed by atoms with Crippen molar-refractivity contribution in [1.29, 1.82) is 0 Å². The number of aromatic nitrogens is 1. The van der Waals surface area contributed by atoms with Gasteiger partial charge in [0.2, 0.25) is 5.88 Å². The van der Waals surface area contributed by atoms with Crippen molar-refractivity contribution >= 4 is 11.6 Å². The van der Waals surface area contributed by atoms with Crippen molar-refractivity contribution in [3.63, 3.8) is 0 Å². The molecule has 1 heterocycles. The van der Waals surface area contributed by atoms with Crippen molar-refractivity contribution in [2.24, 2.45) is 5.92 Å². The molecule has 0 aromatic carbocycles. The zero-order valence-corrected chi connectivity index (χ0v) is 13.5. The number of pyridine rings is 1. The van der Waals surface area contributed by atoms with Gasteiger partial charge in [-0.1, -0.05) is 25.4 Å². The van der Waals surface area contributed by atoms with Gasteiger partial charge < -0.3 is 14.8 Å². The molecule has 1 rings (SSSR count). The second-order valence-corrected chi connectivity index (χ2v) is 5.81. The molecule has 0 spiro atoms. The Morgan fingerprint density at radius 2 is 2.00 bits per heavy atom. The number of ether oxygens (including phenoxy) is 2. The van der Waals surface area contributed by atoms with Crippen molar-refractivity contribution in [2.45, 2.75) is 40.3 Å². The average molecular weight is 301 g/mol. The van der Waals surface area contributed by atoms with Gasteiger partial charge >= 0.3 is 0 Å². The fourth-order valence-corrected chi connectivity index (χ4v) is 1.77. The highest BCUT2D eigenvalue weighted by Gasteiger charge is 2.05. The second kappa shape index (κ2) is 9.16. The summed E-state index contributed by atoms with van der Waals surface area (Å²) >= 11 is 6.13. The molecule has 1 aromatic rings. The first-order valence-corrected chi connectivity index (χ1v) is 7.46. The quantitative estimate of drug-likeness (QED) is 0.711. The maximum atomic E-state index is 6.13. The minimum atomic E-state index is 0.215. The molecule has 4 nitrogen and oxygen atoms in total. The summed E-state index contributed by atoms with van der Waals surface area (Å²) in [5.74, 6) is 1.20. The number of hydrogen-bond donors (Lipinski definition) is 1. The number of rotatable bonds is 9. The molecule has 0 bridgehead atoms. The van der Waals surface area contributed by atoms with Gasteiger partial charge in [0.25, 0.3) is 0 Å². The van der Waals surface area contributed by atoms with E-state index in [0.29, 0.717) is 30.0 Å². The van der Waals surface area contributed by atoms with Crippen LogP contribution in [-0.4, -0.2) is 30.8 Å². The fraction of sp³-hybridized carbons (Fsp3) is 0.667. The van der Waals surface area contributed by atoms with Crippen LogP contribution in [0.3, 0.4) is 0 Å². The molecule has 1 N–H and O–H groups in total. The molecule has 5 heteroatoms. The van der Waals surface area contributed by atoms with Gasteiger partial charge in [-0.05, 0) is 31.9 Å². The first kappa shape index (κ1) is 17.2. The van der Waals surface area contributed by atoms with Gasteiger partial charge in [0, 0.05) is 18.8 Å². The molecule has 0 aliphatic rings. The van der Waals surface area contributed by atoms with Gasteiger partial charge in [-0.2, -0.15) is 0 Å². The molecule has 0 radical (unpaired) electrons. The Kier molecular flexibility index (Phi) is 7.88. The minimum absolute atomic E-state index is 0.215. The summed E-state index contributed by atoms with van der Waals surface area (Å²) in [6.45, 7) is 11.1. The Balaban J connectivity index is 2.44. The van der Waals surface area contributed by atoms with Gasteiger partial charge in [-0.25, -0.2) is 4.98 Å². The molecule has 0 atom stereocenters. The van der Waals surface area contributed by atoms with Crippen LogP contribution in [0.1, 0.15) is 33.3 Å². The summed E-state index contributed by atoms with van der Waals surface area (Å²) in [5.41, 5.74) is 1.00. The van der Waals surface area contributed by atoms with E-state index < -0.39 is 0 Å². The summed E-state index contributed by atoms with van der Waals surface area (Å²) in [4.78, 5) is 4.16. The highest BCUT2D eigenvalue weighted by atomic mass is 35.5. The first-order chi connectivity index (χ1) is 9.49. The Morgan fingerprint density at radius 3 is 2.65 bits per heavy atom. The topological polar surface area (TPSA) is 43.4 Å². The molecule has 20 heavy (non-hydrogen) atoms. The van der Waals surface area contributed by atoms with Crippen LogP contribution in [0, 0.1) is 5.92 Å². The molecule has 0 saturated heterocycles. The molecule has 0 amide bonds. The third kappa shape index (κ3) is 7.08. The second-order valence-electron chi connectivity index (χ2n) is 5.41. The largest absolute Gasteiger partial charge is 0.475 e. The zero-order valence-electron chi connectivity index (χ0n) is 12.8. The van der Waals surface area contributed by atoms with Crippen LogP contribution in [0.15, 0.2) is 12.3 Å². The van der Waals surface area contributed by atoms with Crippen molar-refractivity contribution in [1.82, 2.24) is 10.3 Å². The molecular formula is C15H25ClN2O2. The van der Waals surface area contributed by atoms with E-state index in [1.54, 1.807) is 6.20 Å². The summed E-state index contributed by atoms with van der Waals surface area (Å²) in [6, 6.07) is 1.88. The van der Waals surface area contributed by atoms with E-state index in [1.165, 1.54) is 0 Å². The summed E-state index contributed by atoms with van der Waals surface area (Å²) in [7, 11) is 0. The van der Waals surface area contributed by atoms with Crippen LogP contribution < -0.4 is 10.1 Å². The molecule has 0 fully saturated rings. The molecule has 0 aliphatic heterocycles. The highest BCUT2D eigenvalue weighted by Crippen LogP contribution is 2.19. The summed E-state index contributed by atoms with van der Waals surface area (Å²) < 4.78 is 11.0. The van der Waals surface area contributed by atoms with E-state index in [9.17, 15) is 0 Å². The van der Waals surface area contributed by atoms with Crippen molar-refractivity contribution in [3.05, 3.63) is 22.8 Å². The zero-order chi connectivity index (χ0) is 15.0. The monoisotopic (exact) mass is 300 g/mol. The number of hydrogen-bond acceptors (Lipinski definition) is 4. The predicted octanol–water partition coefficient (Wildman–Crippen LogP) is 3.28. The standard InChI is InChI=1S/C15H25ClN2O2/c1-11(2)8-17-9-13-7-15(18-10-14(13)16)20-6-5-19-12(3)4/h7,10-12,17H,5-6,8-9H2,1-4H3. The summed E-state index contributed by atoms with van der Waals surface area (Å²) in [5, 5.41) is 4.02. The van der Waals surface area contributed by atoms with Gasteiger partial charge in [0.05, 0.1) is 17.7 Å². The Labute approximate surface area is 126 Å². The van der Waals surface area contributed by atoms with Crippen molar-refractivity contribution in [2.75, 3.05) is 19.8 Å². The molecule has 1 aromatic heterocycles. The Hall–Kier alpha value is -0.840. The minimum Gasteiger partial charge on any atom is -0.475 e. The van der Waals surface area contributed by atoms with Gasteiger partial charge in [0.15, 0.2) is 0 Å². The van der Waals surface area contributed by atoms with Crippen LogP contribution in [0.5, 0.6) is 5.88 Å². The van der Waals surface area contributed by atoms with Crippen molar-refractivity contribution in [3.8, 4) is 5.88 Å². The normalized spacial score (nSPS) is 11.3. The number of halogens is 1. The molecule has 114 valence electrons. The number of nitrogens with zero attached hydrogens (tertiary/aromatic N) is 1. The SMILES string of the molecule is CC(C)CNCc1cc(OCCOC(C)C)ncc1Cl. The van der Waals surface area contributed by atoms with E-state index in [4.69, 9.17) is 21.1 Å². The third-order valence-electron chi connectivity index (χ3n) is 2.56. The van der Waals surface area contributed by atoms with E-state index in [2.05, 4.69) is 24.1 Å². The first-order valence-electron chi connectivity index (χ1n) is 7.08. The van der Waals surface area contributed by atoms with E-state index >= 15 is 0 Å². The lowest BCUT2D eigenvalue weighted by atomic mass is 10.2. The van der Waals surface area contributed by atoms with E-state index in [1.807, 2.05) is 19.9 Å². The van der Waals surface area contributed by atoms with Crippen LogP contribution in [0.2, 0.25) is 5.02 Å². The maximum absolute atomic E-state index is 6.13. The van der Waals surface area contributed by atoms with Gasteiger partial charge in [0.1, 0.15) is 6.61 Å². The Bertz CT molecular complexity index is 397. The van der Waals surface area contributed by atoms with Crippen LogP contribution in [-0.2, 0) is 11.3 Å². The molecule has 0 aliphatic carbocycles. The third-order valence-corrected chi connectivity index (χ3v) is 2.90. The molecular weight excluding hydrogens is 276 g/mol. The van der Waals surface area contributed by atoms with Crippen LogP contribution >= 0.6 is 11.6 Å². The highest BCUT2D eigenvalue weighted by molar-refractivity contribution is 6.31. The molecule has 0 unspecified atom stereocenters. The van der Waals surface area contributed by atoms with Gasteiger partial charge in [-0.3, -0.25) is 0 Å². The maximum Gasteiger partial charge on any atom is 0.213 e. The number of nitrogens with one attached hydrogen (secondary N) is 1. The van der Waals surface area contributed by atoms with Crippen molar-refractivity contribution < 1.29 is 9.47 Å². The lowest BCUT2D eigenvalue weighted by molar-refractivity contribution is 0.0542. The van der Waals surface area contributed by atoms with E-state index in [0.717, 1.165) is 18.7 Å². The lowest BCUT2D eigenvalue weighted by Crippen LogP contribution is -2.19. The van der Waals surface area contributed by atoms with Crippen LogP contribution in [0.4, 0.5) is 0 Å². The predicted molar refractivity (Wildman–Crippen MR) is 82.4 cm³/mol. The van der Waals surface area contributed by atoms with E-state index in [-0.39, 0.29) is 6.10 Å². The average Bonchev–Trinajstić information content (AvgIpc) is 2.37. The molecule has 0 saturated carbocycles. The smallest absolute Gasteiger partial charge is 0.213 e. The lowest BCUT2D eigenvalue weighted by Gasteiger charge is -2.11. The van der Waals surface area contributed by atoms with Gasteiger partial charge in [-0.15, -0.1) is 0 Å². The summed E-state index contributed by atoms with van der Waals surface area (Å²) in [6.07, 6.45) is 1.85. The van der Waals surface area contributed by atoms with Crippen LogP contribution in [0.25, 0.3) is 0 Å². The Morgan fingerprint density at radius 1 is 1.25 bits per heavy atom. The fourth-order valence-electron chi connectivity index (χ4n) is 1.60.